The average Bonchev–Trinajstić information content (AvgIpc) is 2.68. The van der Waals surface area contributed by atoms with Gasteiger partial charge >= 0.3 is 0 Å². The molecule has 1 N–H and O–H groups in total. The fraction of sp³-hybridized carbons (Fsp3) is 1.00. The van der Waals surface area contributed by atoms with Crippen LogP contribution in [-0.4, -0.2) is 49.6 Å². The van der Waals surface area contributed by atoms with Gasteiger partial charge in [-0.1, -0.05) is 39.5 Å². The van der Waals surface area contributed by atoms with Crippen molar-refractivity contribution in [3.8, 4) is 0 Å². The van der Waals surface area contributed by atoms with Crippen LogP contribution in [0.2, 0.25) is 0 Å². The Balaban J connectivity index is 2.66. The lowest BCUT2D eigenvalue weighted by atomic mass is 9.79. The summed E-state index contributed by atoms with van der Waals surface area (Å²) in [6, 6.07) is 0.742. The van der Waals surface area contributed by atoms with Crippen molar-refractivity contribution in [2.45, 2.75) is 64.8 Å². The second-order valence-electron chi connectivity index (χ2n) is 6.63. The van der Waals surface area contributed by atoms with Gasteiger partial charge in [-0.3, -0.25) is 0 Å². The maximum absolute atomic E-state index is 3.65. The number of nitrogens with zero attached hydrogens (tertiary/aromatic N) is 1. The Hall–Kier alpha value is 0.270. The minimum atomic E-state index is 0.521. The van der Waals surface area contributed by atoms with E-state index in [0.717, 1.165) is 12.6 Å². The Kier molecular flexibility index (Phi) is 9.23. The molecule has 1 saturated carbocycles. The van der Waals surface area contributed by atoms with Gasteiger partial charge in [-0.15, -0.1) is 0 Å². The quantitative estimate of drug-likeness (QED) is 0.648. The van der Waals surface area contributed by atoms with Crippen LogP contribution in [0.5, 0.6) is 0 Å². The zero-order valence-corrected chi connectivity index (χ0v) is 15.0. The Bertz CT molecular complexity index is 237. The van der Waals surface area contributed by atoms with Crippen molar-refractivity contribution < 1.29 is 0 Å². The van der Waals surface area contributed by atoms with Gasteiger partial charge in [-0.2, -0.15) is 11.8 Å². The van der Waals surface area contributed by atoms with Crippen LogP contribution >= 0.6 is 11.8 Å². The summed E-state index contributed by atoms with van der Waals surface area (Å²) < 4.78 is 0. The second kappa shape index (κ2) is 10.1. The summed E-state index contributed by atoms with van der Waals surface area (Å²) in [6.07, 6.45) is 12.1. The summed E-state index contributed by atoms with van der Waals surface area (Å²) in [5, 5.41) is 3.65. The molecule has 0 aromatic heterocycles. The Morgan fingerprint density at radius 1 is 1.15 bits per heavy atom. The first kappa shape index (κ1) is 18.3. The summed E-state index contributed by atoms with van der Waals surface area (Å²) in [6.45, 7) is 8.16. The maximum atomic E-state index is 3.65. The fourth-order valence-electron chi connectivity index (χ4n) is 3.67. The summed E-state index contributed by atoms with van der Waals surface area (Å²) in [5.74, 6) is 1.27. The monoisotopic (exact) mass is 300 g/mol. The van der Waals surface area contributed by atoms with Crippen LogP contribution in [0.4, 0.5) is 0 Å². The van der Waals surface area contributed by atoms with E-state index in [9.17, 15) is 0 Å². The highest BCUT2D eigenvalue weighted by atomic mass is 32.2. The topological polar surface area (TPSA) is 15.3 Å². The molecule has 1 atom stereocenters. The summed E-state index contributed by atoms with van der Waals surface area (Å²) in [5.41, 5.74) is 0.521. The summed E-state index contributed by atoms with van der Waals surface area (Å²) >= 11 is 1.99. The first-order valence-corrected chi connectivity index (χ1v) is 9.96. The van der Waals surface area contributed by atoms with Crippen LogP contribution in [-0.2, 0) is 0 Å². The van der Waals surface area contributed by atoms with Crippen LogP contribution in [0, 0.1) is 5.41 Å². The van der Waals surface area contributed by atoms with Crippen molar-refractivity contribution >= 4 is 11.8 Å². The third-order valence-electron chi connectivity index (χ3n) is 4.95. The molecule has 0 amide bonds. The first-order chi connectivity index (χ1) is 9.67. The van der Waals surface area contributed by atoms with E-state index in [1.807, 2.05) is 11.8 Å². The van der Waals surface area contributed by atoms with E-state index >= 15 is 0 Å². The average molecular weight is 301 g/mol. The molecule has 0 radical (unpaired) electrons. The SMILES string of the molecule is CCNCC1(CN(C)C(CC)CSC)CCCCCC1. The predicted molar refractivity (Wildman–Crippen MR) is 93.8 cm³/mol. The summed E-state index contributed by atoms with van der Waals surface area (Å²) in [4.78, 5) is 2.65. The van der Waals surface area contributed by atoms with Gasteiger partial charge < -0.3 is 10.2 Å². The maximum Gasteiger partial charge on any atom is 0.0180 e. The molecule has 1 aliphatic carbocycles. The molecule has 120 valence electrons. The van der Waals surface area contributed by atoms with Crippen LogP contribution in [0.15, 0.2) is 0 Å². The molecule has 0 spiro atoms. The molecule has 2 nitrogen and oxygen atoms in total. The minimum absolute atomic E-state index is 0.521. The highest BCUT2D eigenvalue weighted by Crippen LogP contribution is 2.35. The Labute approximate surface area is 131 Å². The normalized spacial score (nSPS) is 20.9. The number of nitrogens with one attached hydrogen (secondary N) is 1. The van der Waals surface area contributed by atoms with Crippen molar-refractivity contribution in [1.29, 1.82) is 0 Å². The first-order valence-electron chi connectivity index (χ1n) is 8.57. The van der Waals surface area contributed by atoms with Gasteiger partial charge in [0.25, 0.3) is 0 Å². The van der Waals surface area contributed by atoms with Crippen LogP contribution in [0.25, 0.3) is 0 Å². The molecule has 1 fully saturated rings. The molecule has 3 heteroatoms. The van der Waals surface area contributed by atoms with Crippen molar-refractivity contribution in [1.82, 2.24) is 10.2 Å². The van der Waals surface area contributed by atoms with Crippen molar-refractivity contribution in [3.05, 3.63) is 0 Å². The largest absolute Gasteiger partial charge is 0.316 e. The van der Waals surface area contributed by atoms with E-state index in [1.165, 1.54) is 63.8 Å². The zero-order valence-electron chi connectivity index (χ0n) is 14.2. The molecule has 0 aromatic rings. The van der Waals surface area contributed by atoms with Gasteiger partial charge in [0.2, 0.25) is 0 Å². The van der Waals surface area contributed by atoms with Crippen LogP contribution in [0.1, 0.15) is 58.8 Å². The number of hydrogen-bond acceptors (Lipinski definition) is 3. The van der Waals surface area contributed by atoms with E-state index in [1.54, 1.807) is 0 Å². The van der Waals surface area contributed by atoms with E-state index in [0.29, 0.717) is 5.41 Å². The standard InChI is InChI=1S/C17H36N2S/c1-5-16(13-20-4)19(3)15-17(14-18-6-2)11-9-7-8-10-12-17/h16,18H,5-15H2,1-4H3. The third-order valence-corrected chi connectivity index (χ3v) is 5.67. The number of hydrogen-bond donors (Lipinski definition) is 1. The smallest absolute Gasteiger partial charge is 0.0180 e. The van der Waals surface area contributed by atoms with Gasteiger partial charge in [0.05, 0.1) is 0 Å². The van der Waals surface area contributed by atoms with Crippen LogP contribution < -0.4 is 5.32 Å². The van der Waals surface area contributed by atoms with Gasteiger partial charge in [-0.25, -0.2) is 0 Å². The van der Waals surface area contributed by atoms with E-state index in [4.69, 9.17) is 0 Å². The van der Waals surface area contributed by atoms with Crippen molar-refractivity contribution in [2.24, 2.45) is 5.41 Å². The van der Waals surface area contributed by atoms with E-state index in [-0.39, 0.29) is 0 Å². The zero-order chi connectivity index (χ0) is 14.8. The Morgan fingerprint density at radius 2 is 1.80 bits per heavy atom. The second-order valence-corrected chi connectivity index (χ2v) is 7.54. The highest BCUT2D eigenvalue weighted by Gasteiger charge is 2.33. The lowest BCUT2D eigenvalue weighted by Gasteiger charge is -2.39. The lowest BCUT2D eigenvalue weighted by molar-refractivity contribution is 0.120. The Morgan fingerprint density at radius 3 is 2.30 bits per heavy atom. The molecular formula is C17H36N2S. The predicted octanol–water partition coefficient (Wildman–Crippen LogP) is 4.01. The minimum Gasteiger partial charge on any atom is -0.316 e. The number of thioether (sulfide) groups is 1. The van der Waals surface area contributed by atoms with Gasteiger partial charge in [-0.05, 0) is 44.5 Å². The van der Waals surface area contributed by atoms with Crippen molar-refractivity contribution in [3.63, 3.8) is 0 Å². The highest BCUT2D eigenvalue weighted by molar-refractivity contribution is 7.98. The molecule has 0 aromatic carbocycles. The lowest BCUT2D eigenvalue weighted by Crippen LogP contribution is -2.46. The van der Waals surface area contributed by atoms with E-state index < -0.39 is 0 Å². The van der Waals surface area contributed by atoms with Gasteiger partial charge in [0.15, 0.2) is 0 Å². The molecule has 0 saturated heterocycles. The molecule has 0 aliphatic heterocycles. The third kappa shape index (κ3) is 5.95. The van der Waals surface area contributed by atoms with E-state index in [2.05, 4.69) is 37.4 Å². The molecule has 1 aliphatic rings. The molecule has 20 heavy (non-hydrogen) atoms. The molecular weight excluding hydrogens is 264 g/mol. The van der Waals surface area contributed by atoms with Crippen LogP contribution in [0.3, 0.4) is 0 Å². The molecule has 1 unspecified atom stereocenters. The number of rotatable bonds is 9. The molecule has 0 bridgehead atoms. The van der Waals surface area contributed by atoms with Crippen molar-refractivity contribution in [2.75, 3.05) is 38.7 Å². The molecule has 0 heterocycles. The van der Waals surface area contributed by atoms with Gasteiger partial charge in [0.1, 0.15) is 0 Å². The fourth-order valence-corrected chi connectivity index (χ4v) is 4.54. The van der Waals surface area contributed by atoms with Gasteiger partial charge in [0, 0.05) is 24.9 Å². The molecule has 1 rings (SSSR count). The summed E-state index contributed by atoms with van der Waals surface area (Å²) in [7, 11) is 2.35.